The van der Waals surface area contributed by atoms with Gasteiger partial charge in [0.05, 0.1) is 0 Å². The molecule has 3 heteroatoms. The van der Waals surface area contributed by atoms with Crippen molar-refractivity contribution in [1.82, 2.24) is 5.32 Å². The minimum Gasteiger partial charge on any atom is -0.310 e. The Bertz CT molecular complexity index is 533. The van der Waals surface area contributed by atoms with Crippen LogP contribution in [0.2, 0.25) is 0 Å². The molecule has 0 radical (unpaired) electrons. The van der Waals surface area contributed by atoms with Crippen molar-refractivity contribution in [2.75, 3.05) is 6.54 Å². The zero-order chi connectivity index (χ0) is 13.1. The summed E-state index contributed by atoms with van der Waals surface area (Å²) in [5.41, 5.74) is 1.40. The van der Waals surface area contributed by atoms with Crippen LogP contribution in [-0.2, 0) is 0 Å². The van der Waals surface area contributed by atoms with Crippen LogP contribution in [0.4, 0.5) is 4.39 Å². The highest BCUT2D eigenvalue weighted by Gasteiger charge is 2.12. The van der Waals surface area contributed by atoms with Gasteiger partial charge in [0.25, 0.3) is 0 Å². The molecule has 0 amide bonds. The van der Waals surface area contributed by atoms with E-state index in [1.807, 2.05) is 18.2 Å². The maximum atomic E-state index is 14.0. The van der Waals surface area contributed by atoms with Gasteiger partial charge in [0.2, 0.25) is 0 Å². The van der Waals surface area contributed by atoms with Crippen LogP contribution >= 0.6 is 11.3 Å². The quantitative estimate of drug-likeness (QED) is 0.854. The van der Waals surface area contributed by atoms with E-state index in [4.69, 9.17) is 0 Å². The molecular weight excluding hydrogens is 245 g/mol. The Labute approximate surface area is 112 Å². The van der Waals surface area contributed by atoms with Crippen LogP contribution in [0.25, 0.3) is 10.4 Å². The van der Waals surface area contributed by atoms with Crippen molar-refractivity contribution in [2.24, 2.45) is 0 Å². The minimum absolute atomic E-state index is 0.109. The van der Waals surface area contributed by atoms with Crippen molar-refractivity contribution < 1.29 is 4.39 Å². The lowest BCUT2D eigenvalue weighted by atomic mass is 10.1. The van der Waals surface area contributed by atoms with Gasteiger partial charge in [-0.2, -0.15) is 0 Å². The topological polar surface area (TPSA) is 12.0 Å². The van der Waals surface area contributed by atoms with Gasteiger partial charge in [-0.25, -0.2) is 4.39 Å². The van der Waals surface area contributed by atoms with Gasteiger partial charge in [0, 0.05) is 21.4 Å². The summed E-state index contributed by atoms with van der Waals surface area (Å²) in [4.78, 5) is 2.24. The third-order valence-corrected chi connectivity index (χ3v) is 4.32. The van der Waals surface area contributed by atoms with Gasteiger partial charge >= 0.3 is 0 Å². The predicted molar refractivity (Wildman–Crippen MR) is 76.5 cm³/mol. The number of hydrogen-bond donors (Lipinski definition) is 1. The average Bonchev–Trinajstić information content (AvgIpc) is 2.82. The molecule has 0 aliphatic heterocycles. The summed E-state index contributed by atoms with van der Waals surface area (Å²) >= 11 is 1.65. The van der Waals surface area contributed by atoms with E-state index in [0.717, 1.165) is 11.4 Å². The number of aryl methyl sites for hydroxylation is 1. The molecule has 96 valence electrons. The van der Waals surface area contributed by atoms with Crippen LogP contribution in [0.5, 0.6) is 0 Å². The highest BCUT2D eigenvalue weighted by Crippen LogP contribution is 2.33. The van der Waals surface area contributed by atoms with E-state index in [-0.39, 0.29) is 5.82 Å². The Morgan fingerprint density at radius 2 is 2.06 bits per heavy atom. The highest BCUT2D eigenvalue weighted by molar-refractivity contribution is 7.15. The fraction of sp³-hybridized carbons (Fsp3) is 0.333. The molecule has 1 aromatic carbocycles. The smallest absolute Gasteiger partial charge is 0.134 e. The highest BCUT2D eigenvalue weighted by atomic mass is 32.1. The summed E-state index contributed by atoms with van der Waals surface area (Å²) < 4.78 is 14.0. The molecule has 1 nitrogen and oxygen atoms in total. The molecule has 2 aromatic rings. The first-order valence-electron chi connectivity index (χ1n) is 6.22. The van der Waals surface area contributed by atoms with Crippen molar-refractivity contribution in [1.29, 1.82) is 0 Å². The number of thiophene rings is 1. The van der Waals surface area contributed by atoms with Gasteiger partial charge in [-0.15, -0.1) is 11.3 Å². The van der Waals surface area contributed by atoms with E-state index in [2.05, 4.69) is 25.2 Å². The van der Waals surface area contributed by atoms with Crippen LogP contribution in [0.1, 0.15) is 30.3 Å². The zero-order valence-corrected chi connectivity index (χ0v) is 11.8. The van der Waals surface area contributed by atoms with Crippen molar-refractivity contribution in [3.05, 3.63) is 46.6 Å². The molecule has 0 aliphatic carbocycles. The molecule has 0 aliphatic rings. The molecule has 1 aromatic heterocycles. The Morgan fingerprint density at radius 3 is 2.78 bits per heavy atom. The van der Waals surface area contributed by atoms with Gasteiger partial charge in [-0.1, -0.05) is 25.1 Å². The monoisotopic (exact) mass is 263 g/mol. The van der Waals surface area contributed by atoms with Crippen LogP contribution < -0.4 is 5.32 Å². The standard InChI is InChI=1S/C15H18FNS/c1-4-17-11(3)13-8-9-14(18-13)12-7-5-6-10(2)15(12)16/h5-9,11,17H,4H2,1-3H3. The van der Waals surface area contributed by atoms with E-state index < -0.39 is 0 Å². The molecule has 1 atom stereocenters. The summed E-state index contributed by atoms with van der Waals surface area (Å²) in [6.45, 7) is 6.96. The van der Waals surface area contributed by atoms with Crippen LogP contribution in [0.3, 0.4) is 0 Å². The second-order valence-electron chi connectivity index (χ2n) is 4.42. The first-order valence-corrected chi connectivity index (χ1v) is 7.03. The van der Waals surface area contributed by atoms with Crippen molar-refractivity contribution in [3.8, 4) is 10.4 Å². The first kappa shape index (κ1) is 13.2. The number of hydrogen-bond acceptors (Lipinski definition) is 2. The van der Waals surface area contributed by atoms with Gasteiger partial charge in [0.1, 0.15) is 5.82 Å². The molecule has 2 rings (SSSR count). The fourth-order valence-corrected chi connectivity index (χ4v) is 3.03. The van der Waals surface area contributed by atoms with Crippen LogP contribution in [0, 0.1) is 12.7 Å². The van der Waals surface area contributed by atoms with Crippen molar-refractivity contribution in [3.63, 3.8) is 0 Å². The zero-order valence-electron chi connectivity index (χ0n) is 11.0. The third-order valence-electron chi connectivity index (χ3n) is 3.02. The fourth-order valence-electron chi connectivity index (χ4n) is 1.97. The van der Waals surface area contributed by atoms with E-state index in [1.54, 1.807) is 24.3 Å². The lowest BCUT2D eigenvalue weighted by Gasteiger charge is -2.09. The van der Waals surface area contributed by atoms with E-state index in [1.165, 1.54) is 4.88 Å². The predicted octanol–water partition coefficient (Wildman–Crippen LogP) is 4.53. The maximum Gasteiger partial charge on any atom is 0.134 e. The third kappa shape index (κ3) is 2.62. The molecule has 0 fully saturated rings. The number of benzene rings is 1. The lowest BCUT2D eigenvalue weighted by Crippen LogP contribution is -2.16. The summed E-state index contributed by atoms with van der Waals surface area (Å²) in [6.07, 6.45) is 0. The van der Waals surface area contributed by atoms with Gasteiger partial charge < -0.3 is 5.32 Å². The Kier molecular flexibility index (Phi) is 4.15. The molecule has 0 spiro atoms. The largest absolute Gasteiger partial charge is 0.310 e. The van der Waals surface area contributed by atoms with Crippen molar-refractivity contribution >= 4 is 11.3 Å². The molecule has 0 saturated carbocycles. The molecule has 0 bridgehead atoms. The van der Waals surface area contributed by atoms with E-state index >= 15 is 0 Å². The summed E-state index contributed by atoms with van der Waals surface area (Å²) in [5, 5.41) is 3.37. The summed E-state index contributed by atoms with van der Waals surface area (Å²) in [5.74, 6) is -0.109. The number of rotatable bonds is 4. The van der Waals surface area contributed by atoms with Crippen LogP contribution in [-0.4, -0.2) is 6.54 Å². The molecule has 0 saturated heterocycles. The van der Waals surface area contributed by atoms with Gasteiger partial charge in [0.15, 0.2) is 0 Å². The minimum atomic E-state index is -0.109. The SMILES string of the molecule is CCNC(C)c1ccc(-c2cccc(C)c2F)s1. The molecular formula is C15H18FNS. The normalized spacial score (nSPS) is 12.7. The number of nitrogens with one attached hydrogen (secondary N) is 1. The second kappa shape index (κ2) is 5.63. The van der Waals surface area contributed by atoms with E-state index in [9.17, 15) is 4.39 Å². The van der Waals surface area contributed by atoms with E-state index in [0.29, 0.717) is 17.2 Å². The maximum absolute atomic E-state index is 14.0. The van der Waals surface area contributed by atoms with Gasteiger partial charge in [-0.3, -0.25) is 0 Å². The molecule has 1 heterocycles. The van der Waals surface area contributed by atoms with Gasteiger partial charge in [-0.05, 0) is 38.1 Å². The van der Waals surface area contributed by atoms with Crippen LogP contribution in [0.15, 0.2) is 30.3 Å². The molecule has 1 unspecified atom stereocenters. The average molecular weight is 263 g/mol. The molecule has 1 N–H and O–H groups in total. The second-order valence-corrected chi connectivity index (χ2v) is 5.53. The Hall–Kier alpha value is -1.19. The summed E-state index contributed by atoms with van der Waals surface area (Å²) in [7, 11) is 0. The van der Waals surface area contributed by atoms with Crippen molar-refractivity contribution in [2.45, 2.75) is 26.8 Å². The number of halogens is 1. The summed E-state index contributed by atoms with van der Waals surface area (Å²) in [6, 6.07) is 9.95. The Morgan fingerprint density at radius 1 is 1.28 bits per heavy atom. The Balaban J connectivity index is 2.32. The lowest BCUT2D eigenvalue weighted by molar-refractivity contribution is 0.607. The first-order chi connectivity index (χ1) is 8.63. The molecule has 18 heavy (non-hydrogen) atoms.